The van der Waals surface area contributed by atoms with Crippen LogP contribution in [-0.4, -0.2) is 42.6 Å². The number of anilines is 1. The highest BCUT2D eigenvalue weighted by atomic mass is 79.9. The summed E-state index contributed by atoms with van der Waals surface area (Å²) in [5.41, 5.74) is 0.296. The van der Waals surface area contributed by atoms with E-state index in [4.69, 9.17) is 4.74 Å². The van der Waals surface area contributed by atoms with Crippen molar-refractivity contribution in [3.63, 3.8) is 0 Å². The second kappa shape index (κ2) is 6.79. The normalized spacial score (nSPS) is 18.5. The third kappa shape index (κ3) is 3.58. The number of likely N-dealkylation sites (tertiary alicyclic amines) is 1. The summed E-state index contributed by atoms with van der Waals surface area (Å²) < 4.78 is 6.02. The Morgan fingerprint density at radius 1 is 1.33 bits per heavy atom. The Morgan fingerprint density at radius 3 is 2.48 bits per heavy atom. The van der Waals surface area contributed by atoms with Crippen LogP contribution >= 0.6 is 15.9 Å². The second-order valence-electron chi connectivity index (χ2n) is 5.81. The molecule has 0 amide bonds. The molecule has 5 heteroatoms. The molecule has 1 N–H and O–H groups in total. The molecule has 0 spiro atoms. The van der Waals surface area contributed by atoms with E-state index in [0.717, 1.165) is 36.1 Å². The molecule has 0 aliphatic carbocycles. The molecular weight excluding hydrogens is 332 g/mol. The first-order chi connectivity index (χ1) is 9.98. The van der Waals surface area contributed by atoms with Gasteiger partial charge in [0, 0.05) is 29.3 Å². The highest BCUT2D eigenvalue weighted by Crippen LogP contribution is 2.32. The monoisotopic (exact) mass is 354 g/mol. The van der Waals surface area contributed by atoms with Gasteiger partial charge >= 0.3 is 5.97 Å². The first-order valence-corrected chi connectivity index (χ1v) is 8.13. The number of para-hydroxylation sites is 1. The van der Waals surface area contributed by atoms with Gasteiger partial charge in [-0.2, -0.15) is 0 Å². The molecule has 0 unspecified atom stereocenters. The molecule has 21 heavy (non-hydrogen) atoms. The van der Waals surface area contributed by atoms with Gasteiger partial charge in [0.1, 0.15) is 5.54 Å². The molecule has 1 aromatic carbocycles. The summed E-state index contributed by atoms with van der Waals surface area (Å²) in [6, 6.07) is 8.37. The molecule has 2 rings (SSSR count). The molecule has 0 aromatic heterocycles. The summed E-state index contributed by atoms with van der Waals surface area (Å²) in [6.07, 6.45) is 1.50. The average Bonchev–Trinajstić information content (AvgIpc) is 2.49. The summed E-state index contributed by atoms with van der Waals surface area (Å²) in [5.74, 6) is -0.179. The van der Waals surface area contributed by atoms with E-state index in [2.05, 4.69) is 40.0 Å². The number of hydrogen-bond donors (Lipinski definition) is 1. The number of esters is 1. The van der Waals surface area contributed by atoms with Crippen LogP contribution in [0.4, 0.5) is 5.69 Å². The smallest absolute Gasteiger partial charge is 0.331 e. The molecule has 1 aliphatic heterocycles. The molecule has 1 aromatic rings. The minimum absolute atomic E-state index is 0.179. The lowest BCUT2D eigenvalue weighted by molar-refractivity contribution is -0.148. The van der Waals surface area contributed by atoms with Crippen LogP contribution in [0.25, 0.3) is 0 Å². The topological polar surface area (TPSA) is 41.6 Å². The van der Waals surface area contributed by atoms with E-state index < -0.39 is 5.54 Å². The predicted octanol–water partition coefficient (Wildman–Crippen LogP) is 3.28. The fraction of sp³-hybridized carbons (Fsp3) is 0.562. The van der Waals surface area contributed by atoms with Crippen molar-refractivity contribution >= 4 is 27.6 Å². The van der Waals surface area contributed by atoms with Crippen molar-refractivity contribution in [1.82, 2.24) is 4.90 Å². The van der Waals surface area contributed by atoms with Gasteiger partial charge in [-0.3, -0.25) is 0 Å². The van der Waals surface area contributed by atoms with Crippen molar-refractivity contribution in [3.8, 4) is 0 Å². The lowest BCUT2D eigenvalue weighted by Gasteiger charge is -2.42. The van der Waals surface area contributed by atoms with E-state index >= 15 is 0 Å². The molecule has 0 radical (unpaired) electrons. The maximum Gasteiger partial charge on any atom is 0.331 e. The minimum Gasteiger partial charge on any atom is -0.467 e. The molecule has 116 valence electrons. The largest absolute Gasteiger partial charge is 0.467 e. The Morgan fingerprint density at radius 2 is 1.95 bits per heavy atom. The Balaban J connectivity index is 2.20. The van der Waals surface area contributed by atoms with Crippen LogP contribution in [0.5, 0.6) is 0 Å². The highest BCUT2D eigenvalue weighted by molar-refractivity contribution is 9.10. The molecular formula is C16H23BrN2O2. The van der Waals surface area contributed by atoms with Crippen LogP contribution in [0.1, 0.15) is 26.7 Å². The third-order valence-electron chi connectivity index (χ3n) is 4.21. The summed E-state index contributed by atoms with van der Waals surface area (Å²) in [6.45, 7) is 6.16. The lowest BCUT2D eigenvalue weighted by atomic mass is 9.86. The zero-order chi connectivity index (χ0) is 15.5. The van der Waals surface area contributed by atoms with Crippen LogP contribution in [0.3, 0.4) is 0 Å². The van der Waals surface area contributed by atoms with E-state index in [9.17, 15) is 4.79 Å². The van der Waals surface area contributed by atoms with Crippen molar-refractivity contribution in [2.75, 3.05) is 25.5 Å². The second-order valence-corrected chi connectivity index (χ2v) is 6.66. The maximum absolute atomic E-state index is 12.4. The van der Waals surface area contributed by atoms with E-state index in [0.29, 0.717) is 6.04 Å². The fourth-order valence-corrected chi connectivity index (χ4v) is 3.20. The van der Waals surface area contributed by atoms with Crippen LogP contribution in [-0.2, 0) is 9.53 Å². The zero-order valence-electron chi connectivity index (χ0n) is 12.9. The molecule has 0 bridgehead atoms. The number of ether oxygens (including phenoxy) is 1. The van der Waals surface area contributed by atoms with Crippen molar-refractivity contribution in [3.05, 3.63) is 28.7 Å². The number of methoxy groups -OCH3 is 1. The molecule has 0 saturated carbocycles. The SMILES string of the molecule is COC(=O)C1(Nc2ccccc2Br)CCN(C(C)C)CC1. The van der Waals surface area contributed by atoms with Gasteiger partial charge in [-0.05, 0) is 54.8 Å². The molecule has 1 saturated heterocycles. The number of nitrogens with one attached hydrogen (secondary N) is 1. The van der Waals surface area contributed by atoms with Crippen molar-refractivity contribution in [2.45, 2.75) is 38.3 Å². The lowest BCUT2D eigenvalue weighted by Crippen LogP contribution is -2.56. The summed E-state index contributed by atoms with van der Waals surface area (Å²) in [7, 11) is 1.46. The van der Waals surface area contributed by atoms with E-state index in [1.165, 1.54) is 7.11 Å². The Labute approximate surface area is 135 Å². The number of piperidine rings is 1. The maximum atomic E-state index is 12.4. The van der Waals surface area contributed by atoms with Gasteiger partial charge in [0.15, 0.2) is 0 Å². The number of benzene rings is 1. The molecule has 1 heterocycles. The van der Waals surface area contributed by atoms with Crippen molar-refractivity contribution in [1.29, 1.82) is 0 Å². The van der Waals surface area contributed by atoms with Crippen LogP contribution in [0.15, 0.2) is 28.7 Å². The van der Waals surface area contributed by atoms with Gasteiger partial charge in [-0.25, -0.2) is 4.79 Å². The van der Waals surface area contributed by atoms with Crippen molar-refractivity contribution < 1.29 is 9.53 Å². The van der Waals surface area contributed by atoms with Gasteiger partial charge in [0.25, 0.3) is 0 Å². The number of nitrogens with zero attached hydrogens (tertiary/aromatic N) is 1. The number of rotatable bonds is 4. The first-order valence-electron chi connectivity index (χ1n) is 7.34. The Hall–Kier alpha value is -1.07. The quantitative estimate of drug-likeness (QED) is 0.842. The van der Waals surface area contributed by atoms with E-state index in [1.807, 2.05) is 24.3 Å². The van der Waals surface area contributed by atoms with Gasteiger partial charge in [0.2, 0.25) is 0 Å². The zero-order valence-corrected chi connectivity index (χ0v) is 14.4. The average molecular weight is 355 g/mol. The van der Waals surface area contributed by atoms with E-state index in [-0.39, 0.29) is 5.97 Å². The van der Waals surface area contributed by atoms with Gasteiger partial charge in [-0.15, -0.1) is 0 Å². The molecule has 4 nitrogen and oxygen atoms in total. The Kier molecular flexibility index (Phi) is 5.27. The highest BCUT2D eigenvalue weighted by Gasteiger charge is 2.43. The number of hydrogen-bond acceptors (Lipinski definition) is 4. The summed E-state index contributed by atoms with van der Waals surface area (Å²) in [4.78, 5) is 14.8. The van der Waals surface area contributed by atoms with Crippen molar-refractivity contribution in [2.24, 2.45) is 0 Å². The molecule has 0 atom stereocenters. The molecule has 1 aliphatic rings. The van der Waals surface area contributed by atoms with Crippen LogP contribution in [0, 0.1) is 0 Å². The first kappa shape index (κ1) is 16.3. The van der Waals surface area contributed by atoms with Crippen LogP contribution < -0.4 is 5.32 Å². The number of halogens is 1. The molecule has 1 fully saturated rings. The van der Waals surface area contributed by atoms with Crippen LogP contribution in [0.2, 0.25) is 0 Å². The summed E-state index contributed by atoms with van der Waals surface area (Å²) in [5, 5.41) is 3.42. The standard InChI is InChI=1S/C16H23BrN2O2/c1-12(2)19-10-8-16(9-11-19,15(20)21-3)18-14-7-5-4-6-13(14)17/h4-7,12,18H,8-11H2,1-3H3. The number of carbonyl (C=O) groups is 1. The van der Waals surface area contributed by atoms with E-state index in [1.54, 1.807) is 0 Å². The Bertz CT molecular complexity index is 497. The fourth-order valence-electron chi connectivity index (χ4n) is 2.82. The summed E-state index contributed by atoms with van der Waals surface area (Å²) >= 11 is 3.53. The predicted molar refractivity (Wildman–Crippen MR) is 88.5 cm³/mol. The van der Waals surface area contributed by atoms with Gasteiger partial charge in [0.05, 0.1) is 7.11 Å². The third-order valence-corrected chi connectivity index (χ3v) is 4.90. The number of carbonyl (C=O) groups excluding carboxylic acids is 1. The minimum atomic E-state index is -0.635. The van der Waals surface area contributed by atoms with Gasteiger partial charge in [-0.1, -0.05) is 12.1 Å². The van der Waals surface area contributed by atoms with Gasteiger partial charge < -0.3 is 15.0 Å².